The summed E-state index contributed by atoms with van der Waals surface area (Å²) in [6.45, 7) is 27.8. The molecule has 2 saturated heterocycles. The van der Waals surface area contributed by atoms with Crippen molar-refractivity contribution in [2.45, 2.75) is 123 Å². The van der Waals surface area contributed by atoms with E-state index in [1.54, 1.807) is 20.8 Å². The SMILES string of the molecule is CC(O[Si](C)(C)C(C)(C)C)C1C(=O)N([Si](C)(C)C(C)(C)C)C1C1(C)C(=O)OC(C)(C)OC1=O. The average molecular weight is 500 g/mol. The van der Waals surface area contributed by atoms with E-state index in [1.807, 2.05) is 11.5 Å². The maximum absolute atomic E-state index is 13.8. The van der Waals surface area contributed by atoms with Crippen molar-refractivity contribution >= 4 is 34.4 Å². The van der Waals surface area contributed by atoms with Crippen LogP contribution in [0.2, 0.25) is 36.3 Å². The third-order valence-corrected chi connectivity index (χ3v) is 18.4. The van der Waals surface area contributed by atoms with Gasteiger partial charge >= 0.3 is 11.9 Å². The zero-order chi connectivity index (χ0) is 26.2. The molecule has 2 aliphatic heterocycles. The van der Waals surface area contributed by atoms with Crippen LogP contribution in [0, 0.1) is 11.3 Å². The van der Waals surface area contributed by atoms with Crippen molar-refractivity contribution in [3.63, 3.8) is 0 Å². The minimum Gasteiger partial charge on any atom is -0.422 e. The van der Waals surface area contributed by atoms with E-state index in [9.17, 15) is 14.4 Å². The zero-order valence-electron chi connectivity index (χ0n) is 23.1. The Morgan fingerprint density at radius 2 is 1.30 bits per heavy atom. The smallest absolute Gasteiger partial charge is 0.328 e. The fourth-order valence-corrected chi connectivity index (χ4v) is 8.26. The molecule has 0 radical (unpaired) electrons. The summed E-state index contributed by atoms with van der Waals surface area (Å²) < 4.78 is 19.5. The molecule has 3 unspecified atom stereocenters. The largest absolute Gasteiger partial charge is 0.422 e. The Morgan fingerprint density at radius 1 is 0.879 bits per heavy atom. The summed E-state index contributed by atoms with van der Waals surface area (Å²) in [6.07, 6.45) is -0.447. The molecule has 2 rings (SSSR count). The van der Waals surface area contributed by atoms with Crippen LogP contribution in [-0.2, 0) is 28.3 Å². The summed E-state index contributed by atoms with van der Waals surface area (Å²) in [5, 5.41) is -0.215. The molecule has 0 aliphatic carbocycles. The molecule has 0 N–H and O–H groups in total. The predicted molar refractivity (Wildman–Crippen MR) is 133 cm³/mol. The highest BCUT2D eigenvalue weighted by Crippen LogP contribution is 2.53. The molecular formula is C24H45NO6Si2. The van der Waals surface area contributed by atoms with Crippen molar-refractivity contribution < 1.29 is 28.3 Å². The van der Waals surface area contributed by atoms with Crippen molar-refractivity contribution in [1.29, 1.82) is 0 Å². The average Bonchev–Trinajstić information content (AvgIpc) is 2.53. The van der Waals surface area contributed by atoms with Gasteiger partial charge in [-0.25, -0.2) is 0 Å². The van der Waals surface area contributed by atoms with Crippen LogP contribution in [0.5, 0.6) is 0 Å². The molecule has 33 heavy (non-hydrogen) atoms. The monoisotopic (exact) mass is 499 g/mol. The minimum absolute atomic E-state index is 0.0424. The van der Waals surface area contributed by atoms with Crippen LogP contribution in [0.4, 0.5) is 0 Å². The topological polar surface area (TPSA) is 82.1 Å². The number of carbonyl (C=O) groups is 3. The van der Waals surface area contributed by atoms with E-state index >= 15 is 0 Å². The molecule has 0 aromatic carbocycles. The Labute approximate surface area is 202 Å². The van der Waals surface area contributed by atoms with Gasteiger partial charge in [0, 0.05) is 13.8 Å². The molecule has 190 valence electrons. The van der Waals surface area contributed by atoms with Crippen LogP contribution in [0.25, 0.3) is 0 Å². The van der Waals surface area contributed by atoms with Gasteiger partial charge in [0.05, 0.1) is 18.1 Å². The van der Waals surface area contributed by atoms with Crippen LogP contribution in [0.15, 0.2) is 0 Å². The van der Waals surface area contributed by atoms with E-state index < -0.39 is 57.8 Å². The van der Waals surface area contributed by atoms with Gasteiger partial charge in [-0.1, -0.05) is 54.6 Å². The highest BCUT2D eigenvalue weighted by atomic mass is 28.4. The van der Waals surface area contributed by atoms with Gasteiger partial charge < -0.3 is 18.5 Å². The van der Waals surface area contributed by atoms with E-state index in [4.69, 9.17) is 13.9 Å². The minimum atomic E-state index is -2.43. The van der Waals surface area contributed by atoms with Crippen LogP contribution < -0.4 is 0 Å². The summed E-state index contributed by atoms with van der Waals surface area (Å²) in [7, 11) is -4.63. The molecule has 7 nitrogen and oxygen atoms in total. The maximum atomic E-state index is 13.8. The molecule has 0 aromatic heterocycles. The number of hydrogen-bond donors (Lipinski definition) is 0. The number of rotatable bonds is 5. The Bertz CT molecular complexity index is 817. The highest BCUT2D eigenvalue weighted by molar-refractivity contribution is 6.80. The number of esters is 2. The second-order valence-electron chi connectivity index (χ2n) is 13.5. The third kappa shape index (κ3) is 4.45. The molecule has 9 heteroatoms. The Hall–Kier alpha value is -1.20. The van der Waals surface area contributed by atoms with Crippen molar-refractivity contribution in [3.05, 3.63) is 0 Å². The van der Waals surface area contributed by atoms with E-state index in [0.29, 0.717) is 0 Å². The van der Waals surface area contributed by atoms with Gasteiger partial charge in [0.1, 0.15) is 0 Å². The van der Waals surface area contributed by atoms with E-state index in [0.717, 1.165) is 0 Å². The Morgan fingerprint density at radius 3 is 1.67 bits per heavy atom. The lowest BCUT2D eigenvalue weighted by Gasteiger charge is -2.63. The number of amides is 1. The van der Waals surface area contributed by atoms with Crippen molar-refractivity contribution in [1.82, 2.24) is 4.57 Å². The highest BCUT2D eigenvalue weighted by Gasteiger charge is 2.71. The molecule has 0 saturated carbocycles. The van der Waals surface area contributed by atoms with Crippen LogP contribution in [0.1, 0.15) is 69.2 Å². The first-order valence-corrected chi connectivity index (χ1v) is 17.8. The first kappa shape index (κ1) is 28.0. The van der Waals surface area contributed by atoms with Crippen molar-refractivity contribution in [3.8, 4) is 0 Å². The first-order chi connectivity index (χ1) is 14.4. The van der Waals surface area contributed by atoms with Gasteiger partial charge in [-0.2, -0.15) is 0 Å². The molecule has 2 fully saturated rings. The molecule has 0 aromatic rings. The lowest BCUT2D eigenvalue weighted by Crippen LogP contribution is -2.81. The first-order valence-electron chi connectivity index (χ1n) is 11.9. The molecule has 2 aliphatic rings. The van der Waals surface area contributed by atoms with Crippen molar-refractivity contribution in [2.24, 2.45) is 11.3 Å². The number of cyclic esters (lactones) is 2. The fourth-order valence-electron chi connectivity index (χ4n) is 4.29. The number of ether oxygens (including phenoxy) is 2. The number of hydrogen-bond acceptors (Lipinski definition) is 6. The quantitative estimate of drug-likeness (QED) is 0.227. The van der Waals surface area contributed by atoms with Crippen LogP contribution in [-0.4, -0.2) is 56.9 Å². The second-order valence-corrected chi connectivity index (χ2v) is 23.3. The van der Waals surface area contributed by atoms with Gasteiger partial charge in [-0.05, 0) is 37.0 Å². The van der Waals surface area contributed by atoms with Gasteiger partial charge in [0.2, 0.25) is 5.91 Å². The third-order valence-electron chi connectivity index (χ3n) is 8.49. The second kappa shape index (κ2) is 7.91. The molecule has 2 heterocycles. The molecule has 0 spiro atoms. The standard InChI is InChI=1S/C24H45NO6Si2/c1-15(31-33(13,14)22(5,6)7)16-17(25(18(16)26)32(11,12)21(2,3)4)24(10)19(27)29-23(8,9)30-20(24)28/h15-17H,1-14H3. The van der Waals surface area contributed by atoms with Gasteiger partial charge in [0.15, 0.2) is 22.0 Å². The summed E-state index contributed by atoms with van der Waals surface area (Å²) in [5.74, 6) is -3.30. The Balaban J connectivity index is 2.59. The summed E-state index contributed by atoms with van der Waals surface area (Å²) >= 11 is 0. The van der Waals surface area contributed by atoms with Gasteiger partial charge in [-0.15, -0.1) is 0 Å². The lowest BCUT2D eigenvalue weighted by molar-refractivity contribution is -0.257. The summed E-state index contributed by atoms with van der Waals surface area (Å²) in [5.41, 5.74) is -1.62. The number of nitrogens with zero attached hydrogens (tertiary/aromatic N) is 1. The van der Waals surface area contributed by atoms with E-state index in [-0.39, 0.29) is 16.0 Å². The molecule has 1 amide bonds. The predicted octanol–water partition coefficient (Wildman–Crippen LogP) is 5.07. The van der Waals surface area contributed by atoms with Gasteiger partial charge in [0.25, 0.3) is 5.79 Å². The zero-order valence-corrected chi connectivity index (χ0v) is 25.1. The van der Waals surface area contributed by atoms with Crippen LogP contribution in [0.3, 0.4) is 0 Å². The summed E-state index contributed by atoms with van der Waals surface area (Å²) in [6, 6.07) is -0.679. The number of carbonyl (C=O) groups excluding carboxylic acids is 3. The molecular weight excluding hydrogens is 454 g/mol. The van der Waals surface area contributed by atoms with Crippen molar-refractivity contribution in [2.75, 3.05) is 0 Å². The lowest BCUT2D eigenvalue weighted by atomic mass is 9.68. The molecule has 3 atom stereocenters. The van der Waals surface area contributed by atoms with Gasteiger partial charge in [-0.3, -0.25) is 14.4 Å². The number of β-lactam (4-membered cyclic amide) rings is 1. The van der Waals surface area contributed by atoms with E-state index in [1.165, 1.54) is 0 Å². The maximum Gasteiger partial charge on any atom is 0.328 e. The normalized spacial score (nSPS) is 27.0. The Kier molecular flexibility index (Phi) is 6.72. The summed E-state index contributed by atoms with van der Waals surface area (Å²) in [4.78, 5) is 40.4. The van der Waals surface area contributed by atoms with Crippen LogP contribution >= 0.6 is 0 Å². The molecule has 0 bridgehead atoms. The van der Waals surface area contributed by atoms with E-state index in [2.05, 4.69) is 67.7 Å². The fraction of sp³-hybridized carbons (Fsp3) is 0.875.